The predicted molar refractivity (Wildman–Crippen MR) is 118 cm³/mol. The van der Waals surface area contributed by atoms with E-state index in [9.17, 15) is 0 Å². The highest BCUT2D eigenvalue weighted by atomic mass is 35.5. The molecule has 0 aliphatic heterocycles. The third-order valence-electron chi connectivity index (χ3n) is 5.74. The summed E-state index contributed by atoms with van der Waals surface area (Å²) in [6.07, 6.45) is 18.4. The molecular weight excluding hydrogens is 374 g/mol. The summed E-state index contributed by atoms with van der Waals surface area (Å²) in [6, 6.07) is 0. The van der Waals surface area contributed by atoms with Crippen LogP contribution in [-0.2, 0) is 8.85 Å². The van der Waals surface area contributed by atoms with E-state index in [1.165, 1.54) is 96.6 Å². The SMILES string of the molecule is CCCCCCCCCCCCCC[N+](C)(C)CCC(C)[SiH](OC)OC.[Cl-]. The first-order chi connectivity index (χ1) is 12.5. The molecule has 0 aliphatic carbocycles. The minimum Gasteiger partial charge on any atom is -1.00 e. The number of rotatable bonds is 19. The van der Waals surface area contributed by atoms with Gasteiger partial charge in [0.2, 0.25) is 0 Å². The maximum Gasteiger partial charge on any atom is 0.324 e. The summed E-state index contributed by atoms with van der Waals surface area (Å²) in [5.41, 5.74) is 0.587. The molecule has 0 rings (SSSR count). The summed E-state index contributed by atoms with van der Waals surface area (Å²) < 4.78 is 12.2. The first-order valence-electron chi connectivity index (χ1n) is 11.3. The quantitative estimate of drug-likeness (QED) is 0.180. The van der Waals surface area contributed by atoms with Gasteiger partial charge in [-0.25, -0.2) is 0 Å². The van der Waals surface area contributed by atoms with Crippen molar-refractivity contribution < 1.29 is 25.7 Å². The fourth-order valence-corrected chi connectivity index (χ4v) is 5.29. The average molecular weight is 424 g/mol. The number of hydrogen-bond acceptors (Lipinski definition) is 2. The zero-order valence-corrected chi connectivity index (χ0v) is 21.3. The Bertz CT molecular complexity index is 302. The summed E-state index contributed by atoms with van der Waals surface area (Å²) in [4.78, 5) is 0. The predicted octanol–water partition coefficient (Wildman–Crippen LogP) is 3.06. The Kier molecular flexibility index (Phi) is 21.6. The van der Waals surface area contributed by atoms with Gasteiger partial charge >= 0.3 is 9.28 Å². The number of hydrogen-bond donors (Lipinski definition) is 0. The van der Waals surface area contributed by atoms with Crippen LogP contribution in [0.2, 0.25) is 5.54 Å². The Labute approximate surface area is 179 Å². The summed E-state index contributed by atoms with van der Waals surface area (Å²) >= 11 is 0. The van der Waals surface area contributed by atoms with Crippen LogP contribution in [0, 0.1) is 0 Å². The van der Waals surface area contributed by atoms with Gasteiger partial charge in [-0.15, -0.1) is 0 Å². The highest BCUT2D eigenvalue weighted by Crippen LogP contribution is 2.18. The summed E-state index contributed by atoms with van der Waals surface area (Å²) in [5, 5.41) is 0. The molecule has 166 valence electrons. The molecule has 0 radical (unpaired) electrons. The molecule has 0 amide bonds. The molecule has 0 N–H and O–H groups in total. The van der Waals surface area contributed by atoms with Crippen LogP contribution in [0.3, 0.4) is 0 Å². The van der Waals surface area contributed by atoms with E-state index < -0.39 is 9.28 Å². The van der Waals surface area contributed by atoms with Crippen molar-refractivity contribution in [3.05, 3.63) is 0 Å². The number of nitrogens with zero attached hydrogens (tertiary/aromatic N) is 1. The van der Waals surface area contributed by atoms with Crippen molar-refractivity contribution in [1.82, 2.24) is 0 Å². The molecule has 0 heterocycles. The summed E-state index contributed by atoms with van der Waals surface area (Å²) in [5.74, 6) is 0. The van der Waals surface area contributed by atoms with Gasteiger partial charge in [0.15, 0.2) is 0 Å². The van der Waals surface area contributed by atoms with E-state index in [0.717, 1.165) is 4.48 Å². The van der Waals surface area contributed by atoms with Crippen LogP contribution in [0.15, 0.2) is 0 Å². The molecule has 27 heavy (non-hydrogen) atoms. The molecular formula is C22H50ClNO2Si. The lowest BCUT2D eigenvalue weighted by Gasteiger charge is -2.31. The van der Waals surface area contributed by atoms with Gasteiger partial charge in [-0.1, -0.05) is 78.1 Å². The molecule has 0 saturated heterocycles. The van der Waals surface area contributed by atoms with Crippen molar-refractivity contribution in [1.29, 1.82) is 0 Å². The Morgan fingerprint density at radius 3 is 1.52 bits per heavy atom. The molecule has 0 aromatic rings. The first kappa shape index (κ1) is 29.6. The highest BCUT2D eigenvalue weighted by Gasteiger charge is 2.23. The van der Waals surface area contributed by atoms with Crippen LogP contribution in [0.4, 0.5) is 0 Å². The Hall–Kier alpha value is 0.387. The lowest BCUT2D eigenvalue weighted by molar-refractivity contribution is -0.890. The molecule has 1 unspecified atom stereocenters. The summed E-state index contributed by atoms with van der Waals surface area (Å²) in [7, 11) is 6.90. The van der Waals surface area contributed by atoms with Crippen LogP contribution in [-0.4, -0.2) is 55.2 Å². The van der Waals surface area contributed by atoms with Gasteiger partial charge in [0.25, 0.3) is 0 Å². The molecule has 0 aliphatic rings. The smallest absolute Gasteiger partial charge is 0.324 e. The van der Waals surface area contributed by atoms with E-state index in [4.69, 9.17) is 8.85 Å². The van der Waals surface area contributed by atoms with Crippen molar-refractivity contribution in [2.45, 2.75) is 103 Å². The largest absolute Gasteiger partial charge is 1.00 e. The molecule has 3 nitrogen and oxygen atoms in total. The van der Waals surface area contributed by atoms with Gasteiger partial charge in [0.1, 0.15) is 0 Å². The fourth-order valence-electron chi connectivity index (χ4n) is 3.74. The van der Waals surface area contributed by atoms with Crippen molar-refractivity contribution >= 4 is 9.28 Å². The minimum atomic E-state index is -1.45. The van der Waals surface area contributed by atoms with E-state index in [1.807, 2.05) is 0 Å². The second-order valence-electron chi connectivity index (χ2n) is 8.88. The molecule has 0 aromatic heterocycles. The van der Waals surface area contributed by atoms with Gasteiger partial charge in [-0.3, -0.25) is 0 Å². The van der Waals surface area contributed by atoms with Crippen LogP contribution in [0.25, 0.3) is 0 Å². The average Bonchev–Trinajstić information content (AvgIpc) is 2.62. The van der Waals surface area contributed by atoms with Gasteiger partial charge < -0.3 is 25.7 Å². The molecule has 0 bridgehead atoms. The lowest BCUT2D eigenvalue weighted by atomic mass is 10.1. The first-order valence-corrected chi connectivity index (χ1v) is 13.0. The second kappa shape index (κ2) is 19.7. The molecule has 0 fully saturated rings. The topological polar surface area (TPSA) is 18.5 Å². The van der Waals surface area contributed by atoms with E-state index in [2.05, 4.69) is 27.9 Å². The second-order valence-corrected chi connectivity index (χ2v) is 11.7. The number of unbranched alkanes of at least 4 members (excludes halogenated alkanes) is 11. The Balaban J connectivity index is 0. The number of halogens is 1. The third-order valence-corrected chi connectivity index (χ3v) is 7.93. The molecule has 5 heteroatoms. The monoisotopic (exact) mass is 423 g/mol. The summed E-state index contributed by atoms with van der Waals surface area (Å²) in [6.45, 7) is 7.11. The van der Waals surface area contributed by atoms with Crippen LogP contribution < -0.4 is 12.4 Å². The maximum absolute atomic E-state index is 5.51. The molecule has 0 aromatic carbocycles. The fraction of sp³-hybridized carbons (Fsp3) is 1.00. The van der Waals surface area contributed by atoms with E-state index >= 15 is 0 Å². The molecule has 0 saturated carbocycles. The highest BCUT2D eigenvalue weighted by molar-refractivity contribution is 6.46. The van der Waals surface area contributed by atoms with E-state index in [-0.39, 0.29) is 12.4 Å². The van der Waals surface area contributed by atoms with Gasteiger partial charge in [-0.2, -0.15) is 0 Å². The van der Waals surface area contributed by atoms with Gasteiger partial charge in [-0.05, 0) is 12.8 Å². The van der Waals surface area contributed by atoms with Crippen molar-refractivity contribution in [2.75, 3.05) is 41.4 Å². The van der Waals surface area contributed by atoms with Crippen molar-refractivity contribution in [3.63, 3.8) is 0 Å². The van der Waals surface area contributed by atoms with Crippen LogP contribution >= 0.6 is 0 Å². The standard InChI is InChI=1S/C22H50NO2Si.ClH/c1-7-8-9-10-11-12-13-14-15-16-17-18-20-23(3,4)21-19-22(2)26(24-5)25-6;/h22,26H,7-21H2,1-6H3;1H/q+1;/p-1. The zero-order chi connectivity index (χ0) is 19.7. The van der Waals surface area contributed by atoms with E-state index in [0.29, 0.717) is 5.54 Å². The van der Waals surface area contributed by atoms with E-state index in [1.54, 1.807) is 14.2 Å². The lowest BCUT2D eigenvalue weighted by Crippen LogP contribution is -3.00. The minimum absolute atomic E-state index is 0. The Morgan fingerprint density at radius 2 is 1.11 bits per heavy atom. The van der Waals surface area contributed by atoms with Crippen LogP contribution in [0.5, 0.6) is 0 Å². The third kappa shape index (κ3) is 18.2. The molecule has 0 spiro atoms. The van der Waals surface area contributed by atoms with Crippen molar-refractivity contribution in [2.24, 2.45) is 0 Å². The maximum atomic E-state index is 5.51. The number of quaternary nitrogens is 1. The van der Waals surface area contributed by atoms with Crippen LogP contribution in [0.1, 0.15) is 97.3 Å². The van der Waals surface area contributed by atoms with Gasteiger partial charge in [0.05, 0.1) is 27.2 Å². The Morgan fingerprint density at radius 1 is 0.704 bits per heavy atom. The normalized spacial score (nSPS) is 13.0. The molecule has 1 atom stereocenters. The zero-order valence-electron chi connectivity index (χ0n) is 19.4. The van der Waals surface area contributed by atoms with Crippen molar-refractivity contribution in [3.8, 4) is 0 Å². The van der Waals surface area contributed by atoms with Gasteiger partial charge in [0, 0.05) is 26.2 Å².